The predicted octanol–water partition coefficient (Wildman–Crippen LogP) is 1.26. The van der Waals surface area contributed by atoms with Gasteiger partial charge in [-0.15, -0.1) is 9.24 Å². The molecule has 0 bridgehead atoms. The van der Waals surface area contributed by atoms with E-state index in [-0.39, 0.29) is 0 Å². The molecule has 0 N–H and O–H groups in total. The number of carbonyl (C=O) groups excluding carboxylic acids is 1. The minimum Gasteiger partial charge on any atom is -0.343 e. The van der Waals surface area contributed by atoms with E-state index in [2.05, 4.69) is 9.24 Å². The Hall–Kier alpha value is -0.100. The van der Waals surface area contributed by atoms with Gasteiger partial charge in [0.2, 0.25) is 5.91 Å². The van der Waals surface area contributed by atoms with Crippen LogP contribution in [-0.4, -0.2) is 29.6 Å². The van der Waals surface area contributed by atoms with Crippen LogP contribution in [0.4, 0.5) is 0 Å². The van der Waals surface area contributed by atoms with Crippen molar-refractivity contribution < 1.29 is 4.79 Å². The fourth-order valence-electron chi connectivity index (χ4n) is 1.37. The second kappa shape index (κ2) is 4.06. The second-order valence-electron chi connectivity index (χ2n) is 3.07. The van der Waals surface area contributed by atoms with Crippen molar-refractivity contribution in [3.05, 3.63) is 0 Å². The molecule has 1 fully saturated rings. The van der Waals surface area contributed by atoms with Crippen LogP contribution in [0.3, 0.4) is 0 Å². The van der Waals surface area contributed by atoms with E-state index in [9.17, 15) is 4.79 Å². The van der Waals surface area contributed by atoms with Gasteiger partial charge in [-0.2, -0.15) is 0 Å². The first-order valence-corrected chi connectivity index (χ1v) is 4.94. The summed E-state index contributed by atoms with van der Waals surface area (Å²) in [6, 6.07) is 0. The van der Waals surface area contributed by atoms with E-state index in [0.29, 0.717) is 12.3 Å². The number of hydrogen-bond acceptors (Lipinski definition) is 1. The fourth-order valence-corrected chi connectivity index (χ4v) is 1.67. The maximum atomic E-state index is 11.2. The standard InChI is InChI=1S/C8H16NOP/c1-2-8(10)9-5-3-7(11)4-6-9/h7H,2-6,11H2,1H3. The molecule has 1 atom stereocenters. The van der Waals surface area contributed by atoms with E-state index < -0.39 is 0 Å². The molecule has 0 aromatic carbocycles. The van der Waals surface area contributed by atoms with Crippen LogP contribution in [0.5, 0.6) is 0 Å². The Labute approximate surface area is 70.5 Å². The molecular formula is C8H16NOP. The summed E-state index contributed by atoms with van der Waals surface area (Å²) in [5.74, 6) is 0.307. The Morgan fingerprint density at radius 1 is 1.55 bits per heavy atom. The maximum Gasteiger partial charge on any atom is 0.222 e. The Kier molecular flexibility index (Phi) is 3.32. The zero-order valence-corrected chi connectivity index (χ0v) is 8.20. The zero-order valence-electron chi connectivity index (χ0n) is 7.05. The van der Waals surface area contributed by atoms with E-state index >= 15 is 0 Å². The van der Waals surface area contributed by atoms with Crippen molar-refractivity contribution in [1.82, 2.24) is 4.90 Å². The normalized spacial score (nSPS) is 20.4. The lowest BCUT2D eigenvalue weighted by Crippen LogP contribution is -2.38. The quantitative estimate of drug-likeness (QED) is 0.547. The second-order valence-corrected chi connectivity index (χ2v) is 4.01. The van der Waals surface area contributed by atoms with Crippen LogP contribution in [0.15, 0.2) is 0 Å². The smallest absolute Gasteiger partial charge is 0.222 e. The van der Waals surface area contributed by atoms with Crippen LogP contribution >= 0.6 is 9.24 Å². The monoisotopic (exact) mass is 173 g/mol. The number of piperidine rings is 1. The Balaban J connectivity index is 2.33. The first-order valence-electron chi connectivity index (χ1n) is 4.27. The summed E-state index contributed by atoms with van der Waals surface area (Å²) in [7, 11) is 2.83. The third kappa shape index (κ3) is 2.44. The fraction of sp³-hybridized carbons (Fsp3) is 0.875. The van der Waals surface area contributed by atoms with Gasteiger partial charge in [-0.25, -0.2) is 0 Å². The van der Waals surface area contributed by atoms with Crippen molar-refractivity contribution in [2.45, 2.75) is 31.8 Å². The molecule has 0 saturated carbocycles. The van der Waals surface area contributed by atoms with Gasteiger partial charge < -0.3 is 4.90 Å². The van der Waals surface area contributed by atoms with Crippen LogP contribution in [0.2, 0.25) is 0 Å². The molecule has 1 saturated heterocycles. The van der Waals surface area contributed by atoms with Gasteiger partial charge in [0.15, 0.2) is 0 Å². The first-order chi connectivity index (χ1) is 5.24. The maximum absolute atomic E-state index is 11.2. The Morgan fingerprint density at radius 3 is 2.55 bits per heavy atom. The van der Waals surface area contributed by atoms with Gasteiger partial charge in [-0.05, 0) is 18.5 Å². The summed E-state index contributed by atoms with van der Waals surface area (Å²) in [4.78, 5) is 13.2. The average molecular weight is 173 g/mol. The van der Waals surface area contributed by atoms with Crippen LogP contribution < -0.4 is 0 Å². The molecule has 0 spiro atoms. The number of hydrogen-bond donors (Lipinski definition) is 0. The number of likely N-dealkylation sites (tertiary alicyclic amines) is 1. The van der Waals surface area contributed by atoms with E-state index in [1.807, 2.05) is 11.8 Å². The van der Waals surface area contributed by atoms with Gasteiger partial charge >= 0.3 is 0 Å². The van der Waals surface area contributed by atoms with E-state index in [1.165, 1.54) is 0 Å². The highest BCUT2D eigenvalue weighted by molar-refractivity contribution is 7.17. The summed E-state index contributed by atoms with van der Waals surface area (Å²) >= 11 is 0. The number of rotatable bonds is 1. The molecular weight excluding hydrogens is 157 g/mol. The summed E-state index contributed by atoms with van der Waals surface area (Å²) in [5.41, 5.74) is 0.732. The van der Waals surface area contributed by atoms with Crippen molar-refractivity contribution in [2.75, 3.05) is 13.1 Å². The third-order valence-corrected chi connectivity index (χ3v) is 2.86. The highest BCUT2D eigenvalue weighted by Crippen LogP contribution is 2.17. The topological polar surface area (TPSA) is 20.3 Å². The molecule has 1 aliphatic rings. The number of amides is 1. The highest BCUT2D eigenvalue weighted by Gasteiger charge is 2.18. The van der Waals surface area contributed by atoms with E-state index in [1.54, 1.807) is 0 Å². The number of carbonyl (C=O) groups is 1. The minimum atomic E-state index is 0.307. The lowest BCUT2D eigenvalue weighted by molar-refractivity contribution is -0.131. The van der Waals surface area contributed by atoms with Gasteiger partial charge in [-0.1, -0.05) is 6.92 Å². The molecule has 1 amide bonds. The molecule has 1 unspecified atom stereocenters. The van der Waals surface area contributed by atoms with Crippen LogP contribution in [0.25, 0.3) is 0 Å². The van der Waals surface area contributed by atoms with Gasteiger partial charge in [0.05, 0.1) is 0 Å². The first kappa shape index (κ1) is 8.99. The van der Waals surface area contributed by atoms with Crippen molar-refractivity contribution in [3.8, 4) is 0 Å². The van der Waals surface area contributed by atoms with Crippen LogP contribution in [-0.2, 0) is 4.79 Å². The predicted molar refractivity (Wildman–Crippen MR) is 49.6 cm³/mol. The van der Waals surface area contributed by atoms with Crippen LogP contribution in [0, 0.1) is 0 Å². The molecule has 3 heteroatoms. The average Bonchev–Trinajstić information content (AvgIpc) is 2.05. The van der Waals surface area contributed by atoms with Crippen molar-refractivity contribution in [2.24, 2.45) is 0 Å². The van der Waals surface area contributed by atoms with Gasteiger partial charge in [0.1, 0.15) is 0 Å². The molecule has 0 aromatic rings. The molecule has 64 valence electrons. The summed E-state index contributed by atoms with van der Waals surface area (Å²) < 4.78 is 0. The van der Waals surface area contributed by atoms with E-state index in [0.717, 1.165) is 31.6 Å². The molecule has 1 aliphatic heterocycles. The lowest BCUT2D eigenvalue weighted by Gasteiger charge is -2.29. The summed E-state index contributed by atoms with van der Waals surface area (Å²) in [6.07, 6.45) is 2.95. The van der Waals surface area contributed by atoms with Gasteiger partial charge in [-0.3, -0.25) is 4.79 Å². The molecule has 1 heterocycles. The molecule has 0 radical (unpaired) electrons. The van der Waals surface area contributed by atoms with E-state index in [4.69, 9.17) is 0 Å². The van der Waals surface area contributed by atoms with Crippen molar-refractivity contribution >= 4 is 15.1 Å². The van der Waals surface area contributed by atoms with Crippen molar-refractivity contribution in [1.29, 1.82) is 0 Å². The lowest BCUT2D eigenvalue weighted by atomic mass is 10.1. The molecule has 2 nitrogen and oxygen atoms in total. The third-order valence-electron chi connectivity index (χ3n) is 2.19. The Morgan fingerprint density at radius 2 is 2.09 bits per heavy atom. The summed E-state index contributed by atoms with van der Waals surface area (Å²) in [6.45, 7) is 3.84. The van der Waals surface area contributed by atoms with Gasteiger partial charge in [0.25, 0.3) is 0 Å². The zero-order chi connectivity index (χ0) is 8.27. The Bertz CT molecular complexity index is 141. The largest absolute Gasteiger partial charge is 0.343 e. The SMILES string of the molecule is CCC(=O)N1CCC(P)CC1. The molecule has 0 aliphatic carbocycles. The minimum absolute atomic E-state index is 0.307. The molecule has 0 aromatic heterocycles. The van der Waals surface area contributed by atoms with Crippen molar-refractivity contribution in [3.63, 3.8) is 0 Å². The van der Waals surface area contributed by atoms with Gasteiger partial charge in [0, 0.05) is 19.5 Å². The number of nitrogens with zero attached hydrogens (tertiary/aromatic N) is 1. The summed E-state index contributed by atoms with van der Waals surface area (Å²) in [5, 5.41) is 0. The van der Waals surface area contributed by atoms with Crippen LogP contribution in [0.1, 0.15) is 26.2 Å². The highest BCUT2D eigenvalue weighted by atomic mass is 31.0. The molecule has 11 heavy (non-hydrogen) atoms. The molecule has 1 rings (SSSR count).